The molecule has 2 N–H and O–H groups in total. The number of carbonyl (C=O) groups excluding carboxylic acids is 1. The lowest BCUT2D eigenvalue weighted by Crippen LogP contribution is -2.26. The van der Waals surface area contributed by atoms with Gasteiger partial charge in [0.05, 0.1) is 23.6 Å². The van der Waals surface area contributed by atoms with Gasteiger partial charge in [0.1, 0.15) is 0 Å². The number of aromatic nitrogens is 1. The first-order chi connectivity index (χ1) is 19.6. The molecule has 11 heteroatoms. The van der Waals surface area contributed by atoms with Gasteiger partial charge in [-0.25, -0.2) is 0 Å². The van der Waals surface area contributed by atoms with E-state index in [0.29, 0.717) is 22.9 Å². The van der Waals surface area contributed by atoms with E-state index in [-0.39, 0.29) is 36.1 Å². The average Bonchev–Trinajstić information content (AvgIpc) is 3.33. The van der Waals surface area contributed by atoms with Crippen molar-refractivity contribution < 1.29 is 41.0 Å². The van der Waals surface area contributed by atoms with E-state index in [1.54, 1.807) is 41.1 Å². The maximum atomic E-state index is 14.3. The summed E-state index contributed by atoms with van der Waals surface area (Å²) in [6.45, 7) is 3.93. The molecule has 4 aromatic rings. The van der Waals surface area contributed by atoms with Crippen LogP contribution in [0.25, 0.3) is 22.0 Å². The fraction of sp³-hybridized carbons (Fsp3) is 0.290. The number of halogens is 6. The lowest BCUT2D eigenvalue weighted by molar-refractivity contribution is -0.138. The number of nitrogens with one attached hydrogen (secondary N) is 1. The predicted molar refractivity (Wildman–Crippen MR) is 146 cm³/mol. The summed E-state index contributed by atoms with van der Waals surface area (Å²) in [5, 5.41) is 11.8. The molecule has 0 saturated carbocycles. The van der Waals surface area contributed by atoms with Gasteiger partial charge in [0.25, 0.3) is 5.91 Å². The van der Waals surface area contributed by atoms with Gasteiger partial charge in [-0.1, -0.05) is 38.1 Å². The number of aliphatic carboxylic acids is 1. The molecule has 0 fully saturated rings. The van der Waals surface area contributed by atoms with E-state index < -0.39 is 35.4 Å². The molecule has 222 valence electrons. The van der Waals surface area contributed by atoms with Crippen molar-refractivity contribution in [3.05, 3.63) is 95.2 Å². The fourth-order valence-electron chi connectivity index (χ4n) is 4.89. The van der Waals surface area contributed by atoms with Gasteiger partial charge in [-0.3, -0.25) is 9.59 Å². The Hall–Kier alpha value is -4.28. The first-order valence-corrected chi connectivity index (χ1v) is 13.1. The van der Waals surface area contributed by atoms with E-state index in [9.17, 15) is 35.9 Å². The molecule has 0 aliphatic carbocycles. The van der Waals surface area contributed by atoms with Crippen molar-refractivity contribution in [1.29, 1.82) is 0 Å². The van der Waals surface area contributed by atoms with Gasteiger partial charge < -0.3 is 15.0 Å². The number of alkyl halides is 6. The molecule has 1 amide bonds. The predicted octanol–water partition coefficient (Wildman–Crippen LogP) is 8.19. The van der Waals surface area contributed by atoms with Crippen molar-refractivity contribution in [3.8, 4) is 11.1 Å². The van der Waals surface area contributed by atoms with Gasteiger partial charge in [0.2, 0.25) is 0 Å². The van der Waals surface area contributed by atoms with Crippen LogP contribution in [0.1, 0.15) is 59.8 Å². The quantitative estimate of drug-likeness (QED) is 0.193. The number of carbonyl (C=O) groups is 2. The third-order valence-corrected chi connectivity index (χ3v) is 6.90. The number of nitrogens with zero attached hydrogens (tertiary/aromatic N) is 1. The molecule has 0 saturated heterocycles. The summed E-state index contributed by atoms with van der Waals surface area (Å²) in [6.07, 6.45) is -7.36. The molecule has 1 aromatic heterocycles. The second kappa shape index (κ2) is 11.9. The van der Waals surface area contributed by atoms with Gasteiger partial charge in [-0.2, -0.15) is 26.3 Å². The molecule has 1 atom stereocenters. The Kier molecular flexibility index (Phi) is 8.70. The van der Waals surface area contributed by atoms with E-state index in [1.165, 1.54) is 6.07 Å². The number of benzene rings is 3. The van der Waals surface area contributed by atoms with E-state index >= 15 is 0 Å². The molecule has 1 unspecified atom stereocenters. The van der Waals surface area contributed by atoms with Gasteiger partial charge in [0.15, 0.2) is 0 Å². The zero-order chi connectivity index (χ0) is 30.8. The molecule has 0 aliphatic rings. The number of carboxylic acid groups (broad SMARTS) is 1. The largest absolute Gasteiger partial charge is 0.481 e. The molecule has 1 heterocycles. The highest BCUT2D eigenvalue weighted by molar-refractivity contribution is 5.94. The van der Waals surface area contributed by atoms with Gasteiger partial charge >= 0.3 is 18.3 Å². The smallest absolute Gasteiger partial charge is 0.417 e. The fourth-order valence-corrected chi connectivity index (χ4v) is 4.89. The minimum Gasteiger partial charge on any atom is -0.481 e. The first-order valence-electron chi connectivity index (χ1n) is 13.1. The topological polar surface area (TPSA) is 71.3 Å². The third-order valence-electron chi connectivity index (χ3n) is 6.90. The molecule has 0 spiro atoms. The van der Waals surface area contributed by atoms with Crippen molar-refractivity contribution in [2.75, 3.05) is 6.54 Å². The van der Waals surface area contributed by atoms with Crippen LogP contribution in [-0.2, 0) is 17.1 Å². The second-order valence-corrected chi connectivity index (χ2v) is 10.4. The molecular formula is C31H28F6N2O3. The van der Waals surface area contributed by atoms with Crippen molar-refractivity contribution in [1.82, 2.24) is 9.88 Å². The third kappa shape index (κ3) is 6.95. The highest BCUT2D eigenvalue weighted by atomic mass is 19.4. The maximum absolute atomic E-state index is 14.3. The van der Waals surface area contributed by atoms with Crippen LogP contribution in [0, 0.1) is 5.92 Å². The molecule has 5 nitrogen and oxygen atoms in total. The van der Waals surface area contributed by atoms with E-state index in [2.05, 4.69) is 5.32 Å². The zero-order valence-electron chi connectivity index (χ0n) is 22.7. The number of hydrogen-bond donors (Lipinski definition) is 2. The average molecular weight is 591 g/mol. The number of hydrogen-bond acceptors (Lipinski definition) is 2. The summed E-state index contributed by atoms with van der Waals surface area (Å²) in [5.41, 5.74) is -0.757. The maximum Gasteiger partial charge on any atom is 0.417 e. The van der Waals surface area contributed by atoms with Gasteiger partial charge in [-0.15, -0.1) is 0 Å². The lowest BCUT2D eigenvalue weighted by Gasteiger charge is -2.24. The van der Waals surface area contributed by atoms with Crippen LogP contribution in [0.3, 0.4) is 0 Å². The highest BCUT2D eigenvalue weighted by Gasteiger charge is 2.35. The van der Waals surface area contributed by atoms with Crippen LogP contribution in [0.15, 0.2) is 72.9 Å². The summed E-state index contributed by atoms with van der Waals surface area (Å²) in [7, 11) is 0. The van der Waals surface area contributed by atoms with E-state index in [1.807, 2.05) is 13.8 Å². The number of amides is 1. The molecule has 0 aliphatic heterocycles. The van der Waals surface area contributed by atoms with Crippen LogP contribution in [0.5, 0.6) is 0 Å². The standard InChI is InChI=1S/C31H28F6N2O3/c1-18(2)15-26(20-3-5-21(6-4-20)29(42)38-13-11-28(40)41)39-14-12-22-16-24(25(17-27(22)39)31(35,36)37)19-7-9-23(10-8-19)30(32,33)34/h3-10,12,14,16-18,26H,11,13,15H2,1-2H3,(H,38,42)(H,40,41). The van der Waals surface area contributed by atoms with Crippen molar-refractivity contribution >= 4 is 22.8 Å². The number of carboxylic acids is 1. The summed E-state index contributed by atoms with van der Waals surface area (Å²) >= 11 is 0. The Bertz CT molecular complexity index is 1570. The SMILES string of the molecule is CC(C)CC(c1ccc(C(=O)NCCC(=O)O)cc1)n1ccc2cc(-c3ccc(C(F)(F)F)cc3)c(C(F)(F)F)cc21. The first kappa shape index (κ1) is 30.7. The van der Waals surface area contributed by atoms with Crippen LogP contribution in [0.2, 0.25) is 0 Å². The molecule has 0 radical (unpaired) electrons. The summed E-state index contributed by atoms with van der Waals surface area (Å²) in [5.74, 6) is -1.33. The van der Waals surface area contributed by atoms with Crippen LogP contribution in [-0.4, -0.2) is 28.1 Å². The van der Waals surface area contributed by atoms with Crippen LogP contribution < -0.4 is 5.32 Å². The van der Waals surface area contributed by atoms with Crippen LogP contribution >= 0.6 is 0 Å². The molecule has 0 bridgehead atoms. The summed E-state index contributed by atoms with van der Waals surface area (Å²) in [4.78, 5) is 23.1. The Morgan fingerprint density at radius 2 is 1.52 bits per heavy atom. The Morgan fingerprint density at radius 3 is 2.07 bits per heavy atom. The van der Waals surface area contributed by atoms with E-state index in [0.717, 1.165) is 35.9 Å². The summed E-state index contributed by atoms with van der Waals surface area (Å²) < 4.78 is 83.7. The molecule has 42 heavy (non-hydrogen) atoms. The normalized spacial score (nSPS) is 13.0. The van der Waals surface area contributed by atoms with Crippen molar-refractivity contribution in [3.63, 3.8) is 0 Å². The summed E-state index contributed by atoms with van der Waals surface area (Å²) in [6, 6.07) is 13.8. The Balaban J connectivity index is 1.74. The zero-order valence-corrected chi connectivity index (χ0v) is 22.7. The second-order valence-electron chi connectivity index (χ2n) is 10.4. The van der Waals surface area contributed by atoms with Gasteiger partial charge in [0, 0.05) is 29.2 Å². The molecule has 3 aromatic carbocycles. The van der Waals surface area contributed by atoms with Gasteiger partial charge in [-0.05, 0) is 71.5 Å². The Labute approximate surface area is 237 Å². The minimum absolute atomic E-state index is 0.0147. The number of rotatable bonds is 9. The van der Waals surface area contributed by atoms with Crippen molar-refractivity contribution in [2.45, 2.75) is 45.1 Å². The van der Waals surface area contributed by atoms with Crippen molar-refractivity contribution in [2.24, 2.45) is 5.92 Å². The molecule has 4 rings (SSSR count). The monoisotopic (exact) mass is 590 g/mol. The van der Waals surface area contributed by atoms with Crippen LogP contribution in [0.4, 0.5) is 26.3 Å². The minimum atomic E-state index is -4.77. The highest BCUT2D eigenvalue weighted by Crippen LogP contribution is 2.42. The van der Waals surface area contributed by atoms with E-state index in [4.69, 9.17) is 5.11 Å². The number of fused-ring (bicyclic) bond motifs is 1. The lowest BCUT2D eigenvalue weighted by atomic mass is 9.94. The Morgan fingerprint density at radius 1 is 0.881 bits per heavy atom. The molecular weight excluding hydrogens is 562 g/mol.